The summed E-state index contributed by atoms with van der Waals surface area (Å²) >= 11 is 0. The zero-order valence-corrected chi connectivity index (χ0v) is 21.1. The van der Waals surface area contributed by atoms with Gasteiger partial charge in [0.15, 0.2) is 0 Å². The molecule has 0 fully saturated rings. The van der Waals surface area contributed by atoms with E-state index in [1.54, 1.807) is 24.3 Å². The summed E-state index contributed by atoms with van der Waals surface area (Å²) in [7, 11) is 0. The normalized spacial score (nSPS) is 10.9. The van der Waals surface area contributed by atoms with Crippen LogP contribution >= 0.6 is 0 Å². The Hall–Kier alpha value is -3.40. The summed E-state index contributed by atoms with van der Waals surface area (Å²) in [6.45, 7) is 5.88. The molecular weight excluding hydrogens is 436 g/mol. The van der Waals surface area contributed by atoms with Gasteiger partial charge >= 0.3 is 11.9 Å². The molecule has 0 aliphatic heterocycles. The van der Waals surface area contributed by atoms with Crippen LogP contribution in [-0.2, 0) is 22.4 Å². The molecule has 3 aromatic carbocycles. The predicted octanol–water partition coefficient (Wildman–Crippen LogP) is 7.58. The summed E-state index contributed by atoms with van der Waals surface area (Å²) in [6.07, 6.45) is 7.04. The molecule has 0 heterocycles. The largest absolute Gasteiger partial charge is 0.459 e. The maximum Gasteiger partial charge on any atom is 0.338 e. The Kier molecular flexibility index (Phi) is 10.1. The van der Waals surface area contributed by atoms with Crippen molar-refractivity contribution in [1.82, 2.24) is 0 Å². The number of esters is 2. The van der Waals surface area contributed by atoms with Crippen LogP contribution in [0.25, 0.3) is 11.1 Å². The fraction of sp³-hybridized carbons (Fsp3) is 0.355. The van der Waals surface area contributed by atoms with Crippen LogP contribution in [0.15, 0.2) is 72.8 Å². The molecule has 0 atom stereocenters. The van der Waals surface area contributed by atoms with E-state index in [0.717, 1.165) is 23.1 Å². The molecule has 4 nitrogen and oxygen atoms in total. The van der Waals surface area contributed by atoms with Gasteiger partial charge in [0.1, 0.15) is 5.75 Å². The van der Waals surface area contributed by atoms with Gasteiger partial charge in [-0.15, -0.1) is 0 Å². The van der Waals surface area contributed by atoms with Crippen LogP contribution in [0.4, 0.5) is 0 Å². The molecule has 0 aliphatic rings. The van der Waals surface area contributed by atoms with Crippen molar-refractivity contribution >= 4 is 11.9 Å². The molecule has 35 heavy (non-hydrogen) atoms. The predicted molar refractivity (Wildman–Crippen MR) is 141 cm³/mol. The first kappa shape index (κ1) is 26.2. The zero-order valence-electron chi connectivity index (χ0n) is 21.1. The fourth-order valence-electron chi connectivity index (χ4n) is 3.85. The third-order valence-corrected chi connectivity index (χ3v) is 5.84. The molecule has 0 aromatic heterocycles. The molecule has 3 rings (SSSR count). The Morgan fingerprint density at radius 1 is 0.714 bits per heavy atom. The van der Waals surface area contributed by atoms with Crippen LogP contribution in [0, 0.1) is 0 Å². The number of ether oxygens (including phenoxy) is 2. The molecule has 0 saturated carbocycles. The maximum atomic E-state index is 12.3. The van der Waals surface area contributed by atoms with Gasteiger partial charge in [-0.1, -0.05) is 74.7 Å². The summed E-state index contributed by atoms with van der Waals surface area (Å²) in [6, 6.07) is 23.3. The third kappa shape index (κ3) is 8.71. The molecule has 0 radical (unpaired) electrons. The van der Waals surface area contributed by atoms with Crippen molar-refractivity contribution in [3.63, 3.8) is 0 Å². The molecule has 3 aromatic rings. The first-order chi connectivity index (χ1) is 16.9. The van der Waals surface area contributed by atoms with Crippen LogP contribution in [0.2, 0.25) is 0 Å². The van der Waals surface area contributed by atoms with Gasteiger partial charge in [-0.2, -0.15) is 0 Å². The second-order valence-corrected chi connectivity index (χ2v) is 9.16. The number of carbonyl (C=O) groups excluding carboxylic acids is 2. The molecule has 0 saturated heterocycles. The van der Waals surface area contributed by atoms with Crippen LogP contribution in [0.1, 0.15) is 74.4 Å². The minimum absolute atomic E-state index is 0.150. The summed E-state index contributed by atoms with van der Waals surface area (Å²) in [5, 5.41) is 0. The molecule has 0 bridgehead atoms. The van der Waals surface area contributed by atoms with Gasteiger partial charge in [0.25, 0.3) is 0 Å². The molecule has 0 unspecified atom stereocenters. The molecule has 0 aliphatic carbocycles. The maximum absolute atomic E-state index is 12.3. The summed E-state index contributed by atoms with van der Waals surface area (Å²) in [4.78, 5) is 24.3. The number of unbranched alkanes of at least 4 members (excludes halogenated alkanes) is 3. The Morgan fingerprint density at radius 3 is 1.86 bits per heavy atom. The van der Waals surface area contributed by atoms with E-state index in [9.17, 15) is 9.59 Å². The van der Waals surface area contributed by atoms with Crippen LogP contribution in [0.3, 0.4) is 0 Å². The van der Waals surface area contributed by atoms with Crippen molar-refractivity contribution < 1.29 is 19.1 Å². The Morgan fingerprint density at radius 2 is 1.29 bits per heavy atom. The third-order valence-electron chi connectivity index (χ3n) is 5.84. The van der Waals surface area contributed by atoms with Gasteiger partial charge in [0.05, 0.1) is 11.7 Å². The highest BCUT2D eigenvalue weighted by atomic mass is 16.5. The lowest BCUT2D eigenvalue weighted by Gasteiger charge is -2.09. The first-order valence-corrected chi connectivity index (χ1v) is 12.6. The Balaban J connectivity index is 1.46. The number of carbonyl (C=O) groups is 2. The molecule has 0 amide bonds. The van der Waals surface area contributed by atoms with Gasteiger partial charge < -0.3 is 9.47 Å². The van der Waals surface area contributed by atoms with Crippen LogP contribution in [0.5, 0.6) is 5.75 Å². The zero-order chi connectivity index (χ0) is 25.0. The summed E-state index contributed by atoms with van der Waals surface area (Å²) < 4.78 is 10.7. The second kappa shape index (κ2) is 13.5. The standard InChI is InChI=1S/C31H36O4/c1-4-5-6-7-8-24-9-11-25(12-10-24)13-22-30(32)35-29-20-18-27(19-21-29)26-14-16-28(17-15-26)31(33)34-23(2)3/h9-12,14-21,23H,4-8,13,22H2,1-3H3. The lowest BCUT2D eigenvalue weighted by atomic mass is 10.0. The van der Waals surface area contributed by atoms with E-state index in [0.29, 0.717) is 24.2 Å². The monoisotopic (exact) mass is 472 g/mol. The van der Waals surface area contributed by atoms with E-state index in [4.69, 9.17) is 9.47 Å². The Labute approximate surface area is 209 Å². The summed E-state index contributed by atoms with van der Waals surface area (Å²) in [5.74, 6) is -0.0418. The van der Waals surface area contributed by atoms with Crippen molar-refractivity contribution in [3.8, 4) is 16.9 Å². The molecular formula is C31H36O4. The van der Waals surface area contributed by atoms with Crippen LogP contribution < -0.4 is 4.74 Å². The van der Waals surface area contributed by atoms with Gasteiger partial charge in [0.2, 0.25) is 0 Å². The molecule has 0 N–H and O–H groups in total. The highest BCUT2D eigenvalue weighted by Crippen LogP contribution is 2.23. The highest BCUT2D eigenvalue weighted by molar-refractivity contribution is 5.90. The number of aryl methyl sites for hydroxylation is 2. The van der Waals surface area contributed by atoms with Gasteiger partial charge in [-0.3, -0.25) is 4.79 Å². The van der Waals surface area contributed by atoms with Crippen molar-refractivity contribution in [3.05, 3.63) is 89.5 Å². The Bertz CT molecular complexity index is 1060. The lowest BCUT2D eigenvalue weighted by molar-refractivity contribution is -0.134. The van der Waals surface area contributed by atoms with Gasteiger partial charge in [-0.05, 0) is 79.6 Å². The highest BCUT2D eigenvalue weighted by Gasteiger charge is 2.10. The molecule has 0 spiro atoms. The average Bonchev–Trinajstić information content (AvgIpc) is 2.86. The quantitative estimate of drug-likeness (QED) is 0.155. The fourth-order valence-corrected chi connectivity index (χ4v) is 3.85. The van der Waals surface area contributed by atoms with Gasteiger partial charge in [-0.25, -0.2) is 4.79 Å². The minimum Gasteiger partial charge on any atom is -0.459 e. The number of hydrogen-bond acceptors (Lipinski definition) is 4. The van der Waals surface area contributed by atoms with E-state index >= 15 is 0 Å². The molecule has 184 valence electrons. The van der Waals surface area contributed by atoms with Crippen molar-refractivity contribution in [1.29, 1.82) is 0 Å². The van der Waals surface area contributed by atoms with E-state index in [-0.39, 0.29) is 18.0 Å². The number of rotatable bonds is 12. The minimum atomic E-state index is -0.327. The van der Waals surface area contributed by atoms with Crippen molar-refractivity contribution in [2.24, 2.45) is 0 Å². The smallest absolute Gasteiger partial charge is 0.338 e. The number of benzene rings is 3. The van der Waals surface area contributed by atoms with E-state index in [1.807, 2.05) is 38.1 Å². The topological polar surface area (TPSA) is 52.6 Å². The van der Waals surface area contributed by atoms with Crippen LogP contribution in [-0.4, -0.2) is 18.0 Å². The average molecular weight is 473 g/mol. The summed E-state index contributed by atoms with van der Waals surface area (Å²) in [5.41, 5.74) is 4.98. The van der Waals surface area contributed by atoms with E-state index in [2.05, 4.69) is 31.2 Å². The SMILES string of the molecule is CCCCCCc1ccc(CCC(=O)Oc2ccc(-c3ccc(C(=O)OC(C)C)cc3)cc2)cc1. The van der Waals surface area contributed by atoms with E-state index < -0.39 is 0 Å². The second-order valence-electron chi connectivity index (χ2n) is 9.16. The van der Waals surface area contributed by atoms with Crippen molar-refractivity contribution in [2.45, 2.75) is 71.8 Å². The van der Waals surface area contributed by atoms with Gasteiger partial charge in [0, 0.05) is 6.42 Å². The van der Waals surface area contributed by atoms with Crippen molar-refractivity contribution in [2.75, 3.05) is 0 Å². The first-order valence-electron chi connectivity index (χ1n) is 12.6. The number of hydrogen-bond donors (Lipinski definition) is 0. The molecule has 4 heteroatoms. The lowest BCUT2D eigenvalue weighted by Crippen LogP contribution is -2.11. The van der Waals surface area contributed by atoms with E-state index in [1.165, 1.54) is 31.2 Å².